The second-order valence-corrected chi connectivity index (χ2v) is 2.46. The highest BCUT2D eigenvalue weighted by Gasteiger charge is 2.21. The average molecular weight is 152 g/mol. The van der Waals surface area contributed by atoms with E-state index in [0.717, 1.165) is 13.0 Å². The van der Waals surface area contributed by atoms with Crippen LogP contribution in [0.25, 0.3) is 0 Å². The predicted molar refractivity (Wildman–Crippen MR) is 37.3 cm³/mol. The van der Waals surface area contributed by atoms with Crippen LogP contribution in [0.2, 0.25) is 0 Å². The van der Waals surface area contributed by atoms with Gasteiger partial charge in [0.15, 0.2) is 0 Å². The zero-order chi connectivity index (χ0) is 7.68. The lowest BCUT2D eigenvalue weighted by Crippen LogP contribution is -2.34. The Morgan fingerprint density at radius 1 is 1.36 bits per heavy atom. The van der Waals surface area contributed by atoms with Crippen molar-refractivity contribution in [3.8, 4) is 0 Å². The zero-order valence-electron chi connectivity index (χ0n) is 5.97. The number of nitrogens with zero attached hydrogens (tertiary/aromatic N) is 4. The fourth-order valence-electron chi connectivity index (χ4n) is 1.20. The molecular weight excluding hydrogens is 144 g/mol. The lowest BCUT2D eigenvalue weighted by Gasteiger charge is -2.14. The topological polar surface area (TPSA) is 51.0 Å². The van der Waals surface area contributed by atoms with E-state index < -0.39 is 0 Å². The molecule has 0 aromatic carbocycles. The van der Waals surface area contributed by atoms with E-state index in [-0.39, 0.29) is 5.91 Å². The van der Waals surface area contributed by atoms with Crippen LogP contribution in [0.15, 0.2) is 12.7 Å². The Bertz CT molecular complexity index is 256. The van der Waals surface area contributed by atoms with Crippen molar-refractivity contribution in [2.24, 2.45) is 0 Å². The van der Waals surface area contributed by atoms with Gasteiger partial charge in [-0.2, -0.15) is 0 Å². The van der Waals surface area contributed by atoms with Gasteiger partial charge in [-0.25, -0.2) is 9.69 Å². The van der Waals surface area contributed by atoms with Crippen molar-refractivity contribution in [2.75, 3.05) is 11.6 Å². The van der Waals surface area contributed by atoms with Gasteiger partial charge in [0.05, 0.1) is 0 Å². The molecule has 1 aliphatic heterocycles. The Balaban J connectivity index is 2.23. The maximum Gasteiger partial charge on any atom is 0.241 e. The maximum atomic E-state index is 11.1. The van der Waals surface area contributed by atoms with Gasteiger partial charge < -0.3 is 0 Å². The first-order valence-electron chi connectivity index (χ1n) is 3.53. The first-order valence-corrected chi connectivity index (χ1v) is 3.53. The fraction of sp³-hybridized carbons (Fsp3) is 0.500. The highest BCUT2D eigenvalue weighted by atomic mass is 16.2. The Morgan fingerprint density at radius 2 is 2.09 bits per heavy atom. The van der Waals surface area contributed by atoms with Crippen molar-refractivity contribution in [2.45, 2.75) is 12.8 Å². The molecule has 0 bridgehead atoms. The fourth-order valence-corrected chi connectivity index (χ4v) is 1.20. The number of carbonyl (C=O) groups is 1. The third kappa shape index (κ3) is 0.978. The highest BCUT2D eigenvalue weighted by molar-refractivity contribution is 5.87. The van der Waals surface area contributed by atoms with E-state index >= 15 is 0 Å². The Hall–Kier alpha value is -1.39. The molecule has 1 amide bonds. The number of amides is 1. The molecule has 1 aromatic rings. The molecule has 1 fully saturated rings. The summed E-state index contributed by atoms with van der Waals surface area (Å²) in [5, 5.41) is 8.88. The molecule has 1 saturated heterocycles. The molecule has 0 aliphatic carbocycles. The van der Waals surface area contributed by atoms with Crippen molar-refractivity contribution < 1.29 is 4.79 Å². The van der Waals surface area contributed by atoms with Crippen LogP contribution >= 0.6 is 0 Å². The van der Waals surface area contributed by atoms with Gasteiger partial charge in [-0.15, -0.1) is 10.2 Å². The van der Waals surface area contributed by atoms with Gasteiger partial charge in [-0.3, -0.25) is 4.79 Å². The molecule has 0 N–H and O–H groups in total. The van der Waals surface area contributed by atoms with Gasteiger partial charge in [-0.05, 0) is 6.42 Å². The number of carbonyl (C=O) groups excluding carboxylic acids is 1. The van der Waals surface area contributed by atoms with Crippen LogP contribution < -0.4 is 5.01 Å². The van der Waals surface area contributed by atoms with Gasteiger partial charge in [0.1, 0.15) is 12.7 Å². The summed E-state index contributed by atoms with van der Waals surface area (Å²) in [6.07, 6.45) is 4.63. The Kier molecular flexibility index (Phi) is 1.34. The van der Waals surface area contributed by atoms with Crippen LogP contribution in [-0.2, 0) is 4.79 Å². The van der Waals surface area contributed by atoms with E-state index in [1.165, 1.54) is 12.7 Å². The second-order valence-electron chi connectivity index (χ2n) is 2.46. The minimum atomic E-state index is 0.143. The lowest BCUT2D eigenvalue weighted by atomic mass is 10.4. The summed E-state index contributed by atoms with van der Waals surface area (Å²) >= 11 is 0. The summed E-state index contributed by atoms with van der Waals surface area (Å²) in [6, 6.07) is 0. The first-order chi connectivity index (χ1) is 5.38. The summed E-state index contributed by atoms with van der Waals surface area (Å²) in [5.74, 6) is 0.143. The van der Waals surface area contributed by atoms with Crippen LogP contribution in [0.3, 0.4) is 0 Å². The van der Waals surface area contributed by atoms with Crippen LogP contribution in [0.4, 0.5) is 0 Å². The number of aromatic nitrogens is 3. The second kappa shape index (κ2) is 2.34. The van der Waals surface area contributed by atoms with Crippen LogP contribution in [0.5, 0.6) is 0 Å². The monoisotopic (exact) mass is 152 g/mol. The molecule has 2 heterocycles. The quantitative estimate of drug-likeness (QED) is 0.547. The normalized spacial score (nSPS) is 17.8. The standard InChI is InChI=1S/C6H8N4O/c11-6-2-1-3-10(6)9-4-7-8-5-9/h4-5H,1-3H2. The van der Waals surface area contributed by atoms with Crippen molar-refractivity contribution in [3.63, 3.8) is 0 Å². The molecule has 5 nitrogen and oxygen atoms in total. The molecule has 2 rings (SSSR count). The average Bonchev–Trinajstić information content (AvgIpc) is 2.55. The number of hydrogen-bond donors (Lipinski definition) is 0. The molecular formula is C6H8N4O. The van der Waals surface area contributed by atoms with Gasteiger partial charge in [-0.1, -0.05) is 0 Å². The van der Waals surface area contributed by atoms with Gasteiger partial charge in [0.2, 0.25) is 5.91 Å². The molecule has 11 heavy (non-hydrogen) atoms. The number of rotatable bonds is 1. The molecule has 0 atom stereocenters. The minimum absolute atomic E-state index is 0.143. The Labute approximate surface area is 63.6 Å². The van der Waals surface area contributed by atoms with E-state index in [1.54, 1.807) is 9.69 Å². The third-order valence-electron chi connectivity index (χ3n) is 1.73. The number of hydrogen-bond acceptors (Lipinski definition) is 3. The Morgan fingerprint density at radius 3 is 2.64 bits per heavy atom. The van der Waals surface area contributed by atoms with Crippen LogP contribution in [0.1, 0.15) is 12.8 Å². The van der Waals surface area contributed by atoms with E-state index in [2.05, 4.69) is 10.2 Å². The lowest BCUT2D eigenvalue weighted by molar-refractivity contribution is -0.118. The predicted octanol–water partition coefficient (Wildman–Crippen LogP) is -0.464. The van der Waals surface area contributed by atoms with Gasteiger partial charge >= 0.3 is 0 Å². The minimum Gasteiger partial charge on any atom is -0.273 e. The van der Waals surface area contributed by atoms with E-state index in [1.807, 2.05) is 0 Å². The molecule has 5 heteroatoms. The first kappa shape index (κ1) is 6.33. The largest absolute Gasteiger partial charge is 0.273 e. The zero-order valence-corrected chi connectivity index (χ0v) is 5.97. The van der Waals surface area contributed by atoms with Crippen molar-refractivity contribution in [1.29, 1.82) is 0 Å². The molecule has 1 aliphatic rings. The molecule has 0 spiro atoms. The smallest absolute Gasteiger partial charge is 0.241 e. The van der Waals surface area contributed by atoms with E-state index in [0.29, 0.717) is 6.42 Å². The third-order valence-corrected chi connectivity index (χ3v) is 1.73. The SMILES string of the molecule is O=C1CCCN1n1cnnc1. The summed E-state index contributed by atoms with van der Waals surface area (Å²) < 4.78 is 1.62. The van der Waals surface area contributed by atoms with E-state index in [9.17, 15) is 4.79 Å². The molecule has 1 aromatic heterocycles. The van der Waals surface area contributed by atoms with Crippen LogP contribution in [0, 0.1) is 0 Å². The maximum absolute atomic E-state index is 11.1. The summed E-state index contributed by atoms with van der Waals surface area (Å²) in [4.78, 5) is 11.1. The summed E-state index contributed by atoms with van der Waals surface area (Å²) in [7, 11) is 0. The molecule has 0 radical (unpaired) electrons. The molecule has 0 saturated carbocycles. The summed E-state index contributed by atoms with van der Waals surface area (Å²) in [5.41, 5.74) is 0. The van der Waals surface area contributed by atoms with Crippen LogP contribution in [-0.4, -0.2) is 27.3 Å². The van der Waals surface area contributed by atoms with E-state index in [4.69, 9.17) is 0 Å². The van der Waals surface area contributed by atoms with Crippen molar-refractivity contribution >= 4 is 5.91 Å². The molecule has 0 unspecified atom stereocenters. The summed E-state index contributed by atoms with van der Waals surface area (Å²) in [6.45, 7) is 0.775. The van der Waals surface area contributed by atoms with Gasteiger partial charge in [0.25, 0.3) is 0 Å². The highest BCUT2D eigenvalue weighted by Crippen LogP contribution is 2.07. The van der Waals surface area contributed by atoms with Gasteiger partial charge in [0, 0.05) is 13.0 Å². The van der Waals surface area contributed by atoms with Crippen molar-refractivity contribution in [1.82, 2.24) is 14.9 Å². The molecule has 58 valence electrons. The van der Waals surface area contributed by atoms with Crippen molar-refractivity contribution in [3.05, 3.63) is 12.7 Å².